The van der Waals surface area contributed by atoms with E-state index in [1.165, 1.54) is 6.33 Å². The fourth-order valence-corrected chi connectivity index (χ4v) is 2.26. The second-order valence-corrected chi connectivity index (χ2v) is 5.30. The molecule has 122 valence electrons. The third-order valence-electron chi connectivity index (χ3n) is 3.58. The SMILES string of the molecule is C[C@H](NC(=O)NCc1ccccn1)c1ccc(-n2cncn2)cc1. The van der Waals surface area contributed by atoms with Gasteiger partial charge in [0.25, 0.3) is 0 Å². The minimum absolute atomic E-state index is 0.112. The van der Waals surface area contributed by atoms with Crippen molar-refractivity contribution in [1.82, 2.24) is 30.4 Å². The number of pyridine rings is 1. The summed E-state index contributed by atoms with van der Waals surface area (Å²) in [4.78, 5) is 20.1. The van der Waals surface area contributed by atoms with Crippen molar-refractivity contribution in [2.45, 2.75) is 19.5 Å². The molecule has 24 heavy (non-hydrogen) atoms. The van der Waals surface area contributed by atoms with Gasteiger partial charge in [-0.3, -0.25) is 4.98 Å². The molecule has 2 amide bonds. The fourth-order valence-electron chi connectivity index (χ4n) is 2.26. The van der Waals surface area contributed by atoms with Gasteiger partial charge in [-0.2, -0.15) is 5.10 Å². The molecular formula is C17H18N6O. The molecule has 0 saturated heterocycles. The molecule has 0 unspecified atom stereocenters. The number of aromatic nitrogens is 4. The van der Waals surface area contributed by atoms with Gasteiger partial charge < -0.3 is 10.6 Å². The third-order valence-corrected chi connectivity index (χ3v) is 3.58. The maximum atomic E-state index is 12.0. The summed E-state index contributed by atoms with van der Waals surface area (Å²) in [6, 6.07) is 13.1. The molecule has 2 heterocycles. The van der Waals surface area contributed by atoms with E-state index < -0.39 is 0 Å². The van der Waals surface area contributed by atoms with Crippen molar-refractivity contribution < 1.29 is 4.79 Å². The van der Waals surface area contributed by atoms with Gasteiger partial charge in [0.05, 0.1) is 24.0 Å². The molecule has 0 aliphatic rings. The molecule has 0 aliphatic carbocycles. The minimum atomic E-state index is -0.228. The Morgan fingerprint density at radius 3 is 2.71 bits per heavy atom. The Balaban J connectivity index is 1.54. The standard InChI is InChI=1S/C17H18N6O/c1-13(22-17(24)20-10-15-4-2-3-9-19-15)14-5-7-16(8-6-14)23-12-18-11-21-23/h2-9,11-13H,10H2,1H3,(H2,20,22,24)/t13-/m0/s1. The Hall–Kier alpha value is -3.22. The van der Waals surface area contributed by atoms with Crippen LogP contribution in [0.5, 0.6) is 0 Å². The summed E-state index contributed by atoms with van der Waals surface area (Å²) in [6.07, 6.45) is 4.83. The Kier molecular flexibility index (Phi) is 4.81. The molecule has 0 fully saturated rings. The van der Waals surface area contributed by atoms with Crippen LogP contribution in [0.4, 0.5) is 4.79 Å². The summed E-state index contributed by atoms with van der Waals surface area (Å²) < 4.78 is 1.68. The quantitative estimate of drug-likeness (QED) is 0.754. The van der Waals surface area contributed by atoms with Crippen molar-refractivity contribution in [3.8, 4) is 5.69 Å². The molecule has 3 rings (SSSR count). The van der Waals surface area contributed by atoms with E-state index >= 15 is 0 Å². The summed E-state index contributed by atoms with van der Waals surface area (Å²) in [5, 5.41) is 9.79. The van der Waals surface area contributed by atoms with Gasteiger partial charge in [-0.25, -0.2) is 14.5 Å². The van der Waals surface area contributed by atoms with E-state index in [4.69, 9.17) is 0 Å². The molecule has 1 atom stereocenters. The van der Waals surface area contributed by atoms with Crippen LogP contribution in [0.25, 0.3) is 5.69 Å². The van der Waals surface area contributed by atoms with Gasteiger partial charge in [0, 0.05) is 6.20 Å². The summed E-state index contributed by atoms with van der Waals surface area (Å²) in [5.41, 5.74) is 2.74. The highest BCUT2D eigenvalue weighted by Crippen LogP contribution is 2.15. The summed E-state index contributed by atoms with van der Waals surface area (Å²) in [7, 11) is 0. The number of hydrogen-bond donors (Lipinski definition) is 2. The molecule has 3 aromatic rings. The zero-order valence-electron chi connectivity index (χ0n) is 13.3. The molecule has 0 aliphatic heterocycles. The summed E-state index contributed by atoms with van der Waals surface area (Å²) >= 11 is 0. The number of hydrogen-bond acceptors (Lipinski definition) is 4. The third kappa shape index (κ3) is 3.95. The van der Waals surface area contributed by atoms with Crippen molar-refractivity contribution in [3.05, 3.63) is 72.6 Å². The van der Waals surface area contributed by atoms with E-state index in [2.05, 4.69) is 25.7 Å². The number of urea groups is 1. The second kappa shape index (κ2) is 7.36. The van der Waals surface area contributed by atoms with E-state index in [1.807, 2.05) is 49.4 Å². The number of benzene rings is 1. The van der Waals surface area contributed by atoms with Gasteiger partial charge in [-0.1, -0.05) is 18.2 Å². The van der Waals surface area contributed by atoms with E-state index in [9.17, 15) is 4.79 Å². The van der Waals surface area contributed by atoms with Crippen molar-refractivity contribution in [1.29, 1.82) is 0 Å². The monoisotopic (exact) mass is 322 g/mol. The Morgan fingerprint density at radius 2 is 2.04 bits per heavy atom. The number of nitrogens with zero attached hydrogens (tertiary/aromatic N) is 4. The predicted octanol–water partition coefficient (Wildman–Crippen LogP) is 2.22. The van der Waals surface area contributed by atoms with E-state index in [0.29, 0.717) is 6.54 Å². The molecule has 7 nitrogen and oxygen atoms in total. The Bertz CT molecular complexity index is 771. The molecule has 0 saturated carbocycles. The molecule has 1 aromatic carbocycles. The van der Waals surface area contributed by atoms with Crippen LogP contribution >= 0.6 is 0 Å². The van der Waals surface area contributed by atoms with Crippen molar-refractivity contribution >= 4 is 6.03 Å². The van der Waals surface area contributed by atoms with Gasteiger partial charge in [0.15, 0.2) is 0 Å². The summed E-state index contributed by atoms with van der Waals surface area (Å²) in [5.74, 6) is 0. The first kappa shape index (κ1) is 15.7. The average molecular weight is 322 g/mol. The lowest BCUT2D eigenvalue weighted by atomic mass is 10.1. The summed E-state index contributed by atoms with van der Waals surface area (Å²) in [6.45, 7) is 2.33. The number of amides is 2. The second-order valence-electron chi connectivity index (χ2n) is 5.30. The van der Waals surface area contributed by atoms with Crippen LogP contribution in [0.2, 0.25) is 0 Å². The van der Waals surface area contributed by atoms with E-state index in [0.717, 1.165) is 16.9 Å². The molecule has 0 bridgehead atoms. The van der Waals surface area contributed by atoms with E-state index in [-0.39, 0.29) is 12.1 Å². The molecule has 0 radical (unpaired) electrons. The maximum absolute atomic E-state index is 12.0. The highest BCUT2D eigenvalue weighted by Gasteiger charge is 2.09. The normalized spacial score (nSPS) is 11.7. The van der Waals surface area contributed by atoms with Crippen LogP contribution in [0.3, 0.4) is 0 Å². The molecule has 0 spiro atoms. The van der Waals surface area contributed by atoms with Crippen molar-refractivity contribution in [3.63, 3.8) is 0 Å². The van der Waals surface area contributed by atoms with Crippen LogP contribution < -0.4 is 10.6 Å². The largest absolute Gasteiger partial charge is 0.332 e. The van der Waals surface area contributed by atoms with Crippen LogP contribution in [-0.2, 0) is 6.54 Å². The fraction of sp³-hybridized carbons (Fsp3) is 0.176. The van der Waals surface area contributed by atoms with E-state index in [1.54, 1.807) is 17.2 Å². The maximum Gasteiger partial charge on any atom is 0.315 e. The van der Waals surface area contributed by atoms with Crippen LogP contribution in [0, 0.1) is 0 Å². The first-order chi connectivity index (χ1) is 11.7. The van der Waals surface area contributed by atoms with Crippen LogP contribution in [0.1, 0.15) is 24.2 Å². The average Bonchev–Trinajstić information content (AvgIpc) is 3.16. The van der Waals surface area contributed by atoms with Gasteiger partial charge in [-0.05, 0) is 36.8 Å². The van der Waals surface area contributed by atoms with Gasteiger partial charge in [-0.15, -0.1) is 0 Å². The van der Waals surface area contributed by atoms with Gasteiger partial charge in [0.2, 0.25) is 0 Å². The first-order valence-electron chi connectivity index (χ1n) is 7.61. The number of carbonyl (C=O) groups is 1. The minimum Gasteiger partial charge on any atom is -0.332 e. The van der Waals surface area contributed by atoms with Crippen LogP contribution in [-0.4, -0.2) is 25.8 Å². The predicted molar refractivity (Wildman–Crippen MR) is 89.4 cm³/mol. The smallest absolute Gasteiger partial charge is 0.315 e. The first-order valence-corrected chi connectivity index (χ1v) is 7.61. The van der Waals surface area contributed by atoms with Gasteiger partial charge in [0.1, 0.15) is 12.7 Å². The lowest BCUT2D eigenvalue weighted by Gasteiger charge is -2.15. The van der Waals surface area contributed by atoms with Crippen molar-refractivity contribution in [2.24, 2.45) is 0 Å². The molecule has 2 aromatic heterocycles. The Morgan fingerprint density at radius 1 is 1.21 bits per heavy atom. The van der Waals surface area contributed by atoms with Gasteiger partial charge >= 0.3 is 6.03 Å². The lowest BCUT2D eigenvalue weighted by Crippen LogP contribution is -2.36. The lowest BCUT2D eigenvalue weighted by molar-refractivity contribution is 0.237. The molecule has 2 N–H and O–H groups in total. The molecular weight excluding hydrogens is 304 g/mol. The van der Waals surface area contributed by atoms with Crippen molar-refractivity contribution in [2.75, 3.05) is 0 Å². The number of nitrogens with one attached hydrogen (secondary N) is 2. The topological polar surface area (TPSA) is 84.7 Å². The van der Waals surface area contributed by atoms with Crippen LogP contribution in [0.15, 0.2) is 61.3 Å². The molecule has 7 heteroatoms. The number of rotatable bonds is 5. The highest BCUT2D eigenvalue weighted by atomic mass is 16.2. The highest BCUT2D eigenvalue weighted by molar-refractivity contribution is 5.74. The Labute approximate surface area is 139 Å². The zero-order valence-corrected chi connectivity index (χ0v) is 13.3. The zero-order chi connectivity index (χ0) is 16.8. The number of carbonyl (C=O) groups excluding carboxylic acids is 1.